The standard InChI is InChI=1S/C22H30FN3O2/c1-15-10-21(2,3)13-22(11-15)19(27)26(20(28)24-22)14-25(17-8-9-17)12-16-6-4-5-7-18(16)23/h4-7,15,17H,8-14H2,1-3H3,(H,24,28). The summed E-state index contributed by atoms with van der Waals surface area (Å²) in [6, 6.07) is 6.70. The zero-order valence-electron chi connectivity index (χ0n) is 17.0. The fourth-order valence-electron chi connectivity index (χ4n) is 5.40. The fourth-order valence-corrected chi connectivity index (χ4v) is 5.40. The number of urea groups is 1. The van der Waals surface area contributed by atoms with Crippen LogP contribution in [0.15, 0.2) is 24.3 Å². The van der Waals surface area contributed by atoms with Crippen LogP contribution in [0.4, 0.5) is 9.18 Å². The minimum Gasteiger partial charge on any atom is -0.323 e. The van der Waals surface area contributed by atoms with Gasteiger partial charge in [-0.25, -0.2) is 14.1 Å². The lowest BCUT2D eigenvalue weighted by molar-refractivity contribution is -0.136. The molecule has 1 aromatic rings. The van der Waals surface area contributed by atoms with Gasteiger partial charge < -0.3 is 5.32 Å². The van der Waals surface area contributed by atoms with Gasteiger partial charge in [0, 0.05) is 18.2 Å². The van der Waals surface area contributed by atoms with Crippen molar-refractivity contribution in [1.29, 1.82) is 0 Å². The third-order valence-electron chi connectivity index (χ3n) is 6.34. The van der Waals surface area contributed by atoms with Crippen LogP contribution in [0, 0.1) is 17.2 Å². The van der Waals surface area contributed by atoms with Gasteiger partial charge in [-0.3, -0.25) is 9.69 Å². The van der Waals surface area contributed by atoms with Crippen LogP contribution in [0.1, 0.15) is 58.4 Å². The molecule has 2 unspecified atom stereocenters. The molecule has 3 aliphatic rings. The number of benzene rings is 1. The first-order chi connectivity index (χ1) is 13.2. The number of halogens is 1. The van der Waals surface area contributed by atoms with Crippen molar-refractivity contribution in [3.05, 3.63) is 35.6 Å². The van der Waals surface area contributed by atoms with E-state index in [0.29, 0.717) is 36.9 Å². The predicted molar refractivity (Wildman–Crippen MR) is 105 cm³/mol. The second-order valence-corrected chi connectivity index (χ2v) is 9.81. The van der Waals surface area contributed by atoms with Gasteiger partial charge in [0.15, 0.2) is 0 Å². The summed E-state index contributed by atoms with van der Waals surface area (Å²) in [5.74, 6) is 0.0203. The average molecular weight is 387 g/mol. The molecule has 4 rings (SSSR count). The third-order valence-corrected chi connectivity index (χ3v) is 6.34. The number of rotatable bonds is 5. The zero-order chi connectivity index (χ0) is 20.1. The normalized spacial score (nSPS) is 29.6. The molecule has 28 heavy (non-hydrogen) atoms. The molecule has 2 atom stereocenters. The molecule has 1 aliphatic heterocycles. The van der Waals surface area contributed by atoms with Crippen LogP contribution >= 0.6 is 0 Å². The van der Waals surface area contributed by atoms with E-state index in [0.717, 1.165) is 19.3 Å². The first-order valence-electron chi connectivity index (χ1n) is 10.3. The van der Waals surface area contributed by atoms with E-state index < -0.39 is 5.54 Å². The molecule has 1 aromatic carbocycles. The highest BCUT2D eigenvalue weighted by Crippen LogP contribution is 2.46. The molecular formula is C22H30FN3O2. The molecule has 2 saturated carbocycles. The minimum absolute atomic E-state index is 0.0139. The summed E-state index contributed by atoms with van der Waals surface area (Å²) in [7, 11) is 0. The topological polar surface area (TPSA) is 52.7 Å². The Morgan fingerprint density at radius 2 is 1.93 bits per heavy atom. The molecule has 1 saturated heterocycles. The van der Waals surface area contributed by atoms with Gasteiger partial charge in [0.2, 0.25) is 0 Å². The number of hydrogen-bond donors (Lipinski definition) is 1. The lowest BCUT2D eigenvalue weighted by atomic mass is 9.64. The van der Waals surface area contributed by atoms with E-state index in [9.17, 15) is 14.0 Å². The summed E-state index contributed by atoms with van der Waals surface area (Å²) in [6.07, 6.45) is 4.45. The van der Waals surface area contributed by atoms with Gasteiger partial charge in [0.25, 0.3) is 5.91 Å². The molecule has 152 valence electrons. The summed E-state index contributed by atoms with van der Waals surface area (Å²) in [6.45, 7) is 7.12. The zero-order valence-corrected chi connectivity index (χ0v) is 17.0. The van der Waals surface area contributed by atoms with Crippen molar-refractivity contribution in [1.82, 2.24) is 15.1 Å². The maximum absolute atomic E-state index is 14.1. The molecule has 5 nitrogen and oxygen atoms in total. The highest BCUT2D eigenvalue weighted by Gasteiger charge is 2.56. The van der Waals surface area contributed by atoms with E-state index in [1.54, 1.807) is 12.1 Å². The number of imide groups is 1. The Kier molecular flexibility index (Phi) is 4.73. The van der Waals surface area contributed by atoms with Crippen molar-refractivity contribution in [2.24, 2.45) is 11.3 Å². The van der Waals surface area contributed by atoms with Crippen LogP contribution in [0.25, 0.3) is 0 Å². The Hall–Kier alpha value is -1.95. The van der Waals surface area contributed by atoms with E-state index in [-0.39, 0.29) is 29.8 Å². The average Bonchev–Trinajstić information content (AvgIpc) is 3.39. The number of nitrogens with one attached hydrogen (secondary N) is 1. The van der Waals surface area contributed by atoms with Gasteiger partial charge in [-0.1, -0.05) is 39.0 Å². The van der Waals surface area contributed by atoms with E-state index in [2.05, 4.69) is 31.0 Å². The Bertz CT molecular complexity index is 792. The van der Waals surface area contributed by atoms with Crippen LogP contribution in [0.5, 0.6) is 0 Å². The number of carbonyl (C=O) groups is 2. The summed E-state index contributed by atoms with van der Waals surface area (Å²) in [5, 5.41) is 3.03. The van der Waals surface area contributed by atoms with Crippen molar-refractivity contribution >= 4 is 11.9 Å². The first kappa shape index (κ1) is 19.4. The molecule has 2 aliphatic carbocycles. The molecule has 0 radical (unpaired) electrons. The fraction of sp³-hybridized carbons (Fsp3) is 0.636. The van der Waals surface area contributed by atoms with E-state index in [1.165, 1.54) is 11.0 Å². The van der Waals surface area contributed by atoms with Crippen molar-refractivity contribution in [3.8, 4) is 0 Å². The lowest BCUT2D eigenvalue weighted by Gasteiger charge is -2.44. The number of amides is 3. The first-order valence-corrected chi connectivity index (χ1v) is 10.3. The summed E-state index contributed by atoms with van der Waals surface area (Å²) < 4.78 is 14.1. The molecule has 6 heteroatoms. The quantitative estimate of drug-likeness (QED) is 0.780. The van der Waals surface area contributed by atoms with Crippen molar-refractivity contribution in [2.75, 3.05) is 6.67 Å². The van der Waals surface area contributed by atoms with Gasteiger partial charge >= 0.3 is 6.03 Å². The maximum Gasteiger partial charge on any atom is 0.326 e. The molecule has 0 bridgehead atoms. The maximum atomic E-state index is 14.1. The molecule has 1 N–H and O–H groups in total. The summed E-state index contributed by atoms with van der Waals surface area (Å²) in [4.78, 5) is 29.5. The number of carbonyl (C=O) groups excluding carboxylic acids is 2. The predicted octanol–water partition coefficient (Wildman–Crippen LogP) is 3.88. The molecule has 3 amide bonds. The van der Waals surface area contributed by atoms with Gasteiger partial charge in [-0.05, 0) is 49.5 Å². The SMILES string of the molecule is CC1CC(C)(C)CC2(C1)NC(=O)N(CN(Cc1ccccc1F)C1CC1)C2=O. The molecule has 1 spiro atoms. The number of nitrogens with zero attached hydrogens (tertiary/aromatic N) is 2. The van der Waals surface area contributed by atoms with E-state index >= 15 is 0 Å². The minimum atomic E-state index is -0.786. The largest absolute Gasteiger partial charge is 0.326 e. The highest BCUT2D eigenvalue weighted by molar-refractivity contribution is 6.07. The lowest BCUT2D eigenvalue weighted by Crippen LogP contribution is -2.54. The summed E-state index contributed by atoms with van der Waals surface area (Å²) >= 11 is 0. The van der Waals surface area contributed by atoms with Crippen LogP contribution in [0.2, 0.25) is 0 Å². The second-order valence-electron chi connectivity index (χ2n) is 9.81. The van der Waals surface area contributed by atoms with Gasteiger partial charge in [0.1, 0.15) is 11.4 Å². The molecule has 1 heterocycles. The van der Waals surface area contributed by atoms with Crippen LogP contribution < -0.4 is 5.32 Å². The van der Waals surface area contributed by atoms with Gasteiger partial charge in [-0.2, -0.15) is 0 Å². The Labute approximate surface area is 166 Å². The number of hydrogen-bond acceptors (Lipinski definition) is 3. The molecular weight excluding hydrogens is 357 g/mol. The summed E-state index contributed by atoms with van der Waals surface area (Å²) in [5.41, 5.74) is -0.172. The molecule has 0 aromatic heterocycles. The van der Waals surface area contributed by atoms with Crippen LogP contribution in [-0.2, 0) is 11.3 Å². The van der Waals surface area contributed by atoms with Crippen molar-refractivity contribution in [2.45, 2.75) is 71.0 Å². The Morgan fingerprint density at radius 1 is 1.21 bits per heavy atom. The third kappa shape index (κ3) is 3.66. The van der Waals surface area contributed by atoms with Crippen molar-refractivity contribution < 1.29 is 14.0 Å². The van der Waals surface area contributed by atoms with E-state index in [4.69, 9.17) is 0 Å². The Balaban J connectivity index is 1.53. The van der Waals surface area contributed by atoms with Crippen molar-refractivity contribution in [3.63, 3.8) is 0 Å². The second kappa shape index (κ2) is 6.83. The smallest absolute Gasteiger partial charge is 0.323 e. The monoisotopic (exact) mass is 387 g/mol. The highest BCUT2D eigenvalue weighted by atomic mass is 19.1. The van der Waals surface area contributed by atoms with Crippen LogP contribution in [-0.4, -0.2) is 40.0 Å². The Morgan fingerprint density at radius 3 is 2.57 bits per heavy atom. The van der Waals surface area contributed by atoms with Crippen LogP contribution in [0.3, 0.4) is 0 Å². The van der Waals surface area contributed by atoms with Gasteiger partial charge in [0.05, 0.1) is 6.67 Å². The van der Waals surface area contributed by atoms with Gasteiger partial charge in [-0.15, -0.1) is 0 Å². The molecule has 3 fully saturated rings. The van der Waals surface area contributed by atoms with E-state index in [1.807, 2.05) is 6.07 Å².